The lowest BCUT2D eigenvalue weighted by atomic mass is 10.2. The maximum Gasteiger partial charge on any atom is 0.311 e. The summed E-state index contributed by atoms with van der Waals surface area (Å²) in [5.41, 5.74) is 8.69. The number of aromatic nitrogens is 6. The minimum absolute atomic E-state index is 0.0424. The second kappa shape index (κ2) is 13.5. The van der Waals surface area contributed by atoms with Crippen LogP contribution in [0, 0.1) is 0 Å². The Morgan fingerprint density at radius 2 is 1.11 bits per heavy atom. The van der Waals surface area contributed by atoms with E-state index in [0.717, 1.165) is 32.7 Å². The number of carbonyl (C=O) groups is 2. The Kier molecular flexibility index (Phi) is 9.87. The van der Waals surface area contributed by atoms with Crippen LogP contribution in [0.15, 0.2) is 19.2 Å². The molecule has 24 heteroatoms. The number of aliphatic hydroxyl groups is 2. The zero-order chi connectivity index (χ0) is 33.4. The van der Waals surface area contributed by atoms with Crippen LogP contribution in [0.4, 0.5) is 11.9 Å². The number of rotatable bonds is 8. The summed E-state index contributed by atoms with van der Waals surface area (Å²) >= 11 is 3.59. The third-order valence-electron chi connectivity index (χ3n) is 6.41. The molecule has 0 saturated carbocycles. The Morgan fingerprint density at radius 3 is 1.43 bits per heavy atom. The largest absolute Gasteiger partial charge is 0.481 e. The number of H-pyrrole nitrogens is 2. The molecule has 248 valence electrons. The van der Waals surface area contributed by atoms with E-state index in [-0.39, 0.29) is 58.6 Å². The highest BCUT2D eigenvalue weighted by Crippen LogP contribution is 2.42. The van der Waals surface area contributed by atoms with E-state index in [4.69, 9.17) is 31.2 Å². The molecule has 2 aliphatic rings. The molecule has 6 rings (SSSR count). The number of nitrogen functional groups attached to an aromatic ring is 2. The highest BCUT2D eigenvalue weighted by Gasteiger charge is 2.41. The van der Waals surface area contributed by atoms with Crippen LogP contribution in [0.5, 0.6) is 0 Å². The molecule has 2 fully saturated rings. The number of hydrogen-bond donors (Lipinski definition) is 8. The standard InChI is InChI=1S/2C11H12N4O6S2/c2*12-10-13-7-6(8(19)14-10)23-11(20)15(7)9-3(1-4(17)18)22-5(2-16)21-9/h2*3,5,9,16H,1-2H2,(H,17,18)(H3,12,13,14,19)/t3-,5+,9+;3-,5-,9+/m10/s1. The molecule has 6 atom stereocenters. The number of hydrogen-bond acceptors (Lipinski definition) is 18. The van der Waals surface area contributed by atoms with E-state index in [9.17, 15) is 39.0 Å². The number of aliphatic hydroxyl groups excluding tert-OH is 2. The average molecular weight is 721 g/mol. The van der Waals surface area contributed by atoms with Crippen LogP contribution < -0.4 is 32.3 Å². The van der Waals surface area contributed by atoms with Crippen molar-refractivity contribution in [3.63, 3.8) is 0 Å². The van der Waals surface area contributed by atoms with Crippen molar-refractivity contribution >= 4 is 90.7 Å². The SMILES string of the molecule is Nc1nc2c(sc(=O)n2[C@@H]2O[C@H](CO)S[C@H]2CC(=O)O)c(=O)[nH]1.Nc1nc2c(sc(=O)n2[C@H]2O[C@H](CO)S[C@@H]2CC(=O)O)c(=O)[nH]1. The van der Waals surface area contributed by atoms with Crippen LogP contribution in [0.1, 0.15) is 25.3 Å². The quantitative estimate of drug-likeness (QED) is 0.101. The first kappa shape index (κ1) is 33.6. The molecule has 4 aromatic rings. The molecular formula is C22H24N8O12S4. The summed E-state index contributed by atoms with van der Waals surface area (Å²) < 4.78 is 13.5. The number of nitrogens with zero attached hydrogens (tertiary/aromatic N) is 4. The number of aromatic amines is 2. The Balaban J connectivity index is 0.000000181. The molecule has 10 N–H and O–H groups in total. The van der Waals surface area contributed by atoms with Crippen LogP contribution in [0.3, 0.4) is 0 Å². The van der Waals surface area contributed by atoms with E-state index >= 15 is 0 Å². The average Bonchev–Trinajstić information content (AvgIpc) is 3.71. The van der Waals surface area contributed by atoms with Crippen molar-refractivity contribution < 1.29 is 39.5 Å². The number of nitrogens with two attached hydrogens (primary N) is 2. The van der Waals surface area contributed by atoms with Crippen molar-refractivity contribution in [3.05, 3.63) is 40.0 Å². The Hall–Kier alpha value is -3.78. The van der Waals surface area contributed by atoms with Crippen molar-refractivity contribution in [1.82, 2.24) is 29.1 Å². The fourth-order valence-corrected chi connectivity index (χ4v) is 8.79. The summed E-state index contributed by atoms with van der Waals surface area (Å²) in [5, 5.41) is 35.3. The maximum atomic E-state index is 12.3. The first-order chi connectivity index (χ1) is 21.8. The van der Waals surface area contributed by atoms with Gasteiger partial charge >= 0.3 is 21.7 Å². The smallest absolute Gasteiger partial charge is 0.311 e. The highest BCUT2D eigenvalue weighted by atomic mass is 32.2. The molecule has 2 saturated heterocycles. The summed E-state index contributed by atoms with van der Waals surface area (Å²) in [6.07, 6.45) is -2.45. The van der Waals surface area contributed by atoms with Crippen molar-refractivity contribution in [2.24, 2.45) is 0 Å². The number of carboxylic acid groups (broad SMARTS) is 2. The normalized spacial score (nSPS) is 24.3. The molecule has 4 aromatic heterocycles. The van der Waals surface area contributed by atoms with E-state index in [0.29, 0.717) is 22.7 Å². The van der Waals surface area contributed by atoms with Crippen LogP contribution in [-0.4, -0.2) is 96.0 Å². The van der Waals surface area contributed by atoms with E-state index in [2.05, 4.69) is 19.9 Å². The Bertz CT molecular complexity index is 1890. The summed E-state index contributed by atoms with van der Waals surface area (Å²) in [6, 6.07) is 0. The molecule has 0 radical (unpaired) electrons. The molecule has 2 aliphatic heterocycles. The number of fused-ring (bicyclic) bond motifs is 2. The molecule has 0 aliphatic carbocycles. The van der Waals surface area contributed by atoms with E-state index < -0.39 is 66.6 Å². The summed E-state index contributed by atoms with van der Waals surface area (Å²) in [7, 11) is 0. The van der Waals surface area contributed by atoms with Gasteiger partial charge in [-0.05, 0) is 0 Å². The van der Waals surface area contributed by atoms with Gasteiger partial charge in [0, 0.05) is 0 Å². The fraction of sp³-hybridized carbons (Fsp3) is 0.455. The third kappa shape index (κ3) is 6.68. The molecule has 0 unspecified atom stereocenters. The van der Waals surface area contributed by atoms with Gasteiger partial charge in [0.05, 0.1) is 36.6 Å². The summed E-state index contributed by atoms with van der Waals surface area (Å²) in [4.78, 5) is 81.8. The van der Waals surface area contributed by atoms with E-state index in [1.807, 2.05) is 0 Å². The van der Waals surface area contributed by atoms with Gasteiger partial charge in [-0.25, -0.2) is 0 Å². The number of thiazole rings is 2. The first-order valence-corrected chi connectivity index (χ1v) is 16.4. The zero-order valence-electron chi connectivity index (χ0n) is 22.9. The molecular weight excluding hydrogens is 697 g/mol. The van der Waals surface area contributed by atoms with Crippen LogP contribution in [0.25, 0.3) is 20.7 Å². The molecule has 0 spiro atoms. The van der Waals surface area contributed by atoms with Gasteiger partial charge in [-0.3, -0.25) is 47.9 Å². The number of carboxylic acids is 2. The van der Waals surface area contributed by atoms with Gasteiger partial charge in [-0.2, -0.15) is 9.97 Å². The number of anilines is 2. The van der Waals surface area contributed by atoms with Crippen LogP contribution >= 0.6 is 46.2 Å². The molecule has 0 aromatic carbocycles. The Morgan fingerprint density at radius 1 is 0.739 bits per heavy atom. The molecule has 0 bridgehead atoms. The van der Waals surface area contributed by atoms with Crippen molar-refractivity contribution in [3.8, 4) is 0 Å². The van der Waals surface area contributed by atoms with Crippen molar-refractivity contribution in [2.45, 2.75) is 46.7 Å². The van der Waals surface area contributed by atoms with Gasteiger partial charge in [0.25, 0.3) is 11.1 Å². The predicted octanol–water partition coefficient (Wildman–Crippen LogP) is -1.70. The van der Waals surface area contributed by atoms with E-state index in [1.54, 1.807) is 0 Å². The highest BCUT2D eigenvalue weighted by molar-refractivity contribution is 8.00. The second-order valence-electron chi connectivity index (χ2n) is 9.51. The lowest BCUT2D eigenvalue weighted by molar-refractivity contribution is -0.138. The predicted molar refractivity (Wildman–Crippen MR) is 167 cm³/mol. The number of nitrogens with one attached hydrogen (secondary N) is 2. The monoisotopic (exact) mass is 720 g/mol. The van der Waals surface area contributed by atoms with Gasteiger partial charge in [0.2, 0.25) is 11.9 Å². The lowest BCUT2D eigenvalue weighted by Gasteiger charge is -2.17. The van der Waals surface area contributed by atoms with E-state index in [1.165, 1.54) is 0 Å². The number of thioether (sulfide) groups is 2. The molecule has 46 heavy (non-hydrogen) atoms. The second-order valence-corrected chi connectivity index (χ2v) is 14.2. The zero-order valence-corrected chi connectivity index (χ0v) is 26.2. The first-order valence-electron chi connectivity index (χ1n) is 12.9. The number of ether oxygens (including phenoxy) is 2. The van der Waals surface area contributed by atoms with Gasteiger partial charge in [-0.15, -0.1) is 23.5 Å². The summed E-state index contributed by atoms with van der Waals surface area (Å²) in [6.45, 7) is -0.658. The van der Waals surface area contributed by atoms with Gasteiger partial charge in [0.15, 0.2) is 23.8 Å². The fourth-order valence-electron chi connectivity index (χ4n) is 4.68. The summed E-state index contributed by atoms with van der Waals surface area (Å²) in [5.74, 6) is -2.44. The topological polar surface area (TPSA) is 321 Å². The lowest BCUT2D eigenvalue weighted by Crippen LogP contribution is -2.28. The molecule has 0 amide bonds. The van der Waals surface area contributed by atoms with Crippen LogP contribution in [0.2, 0.25) is 0 Å². The maximum absolute atomic E-state index is 12.3. The molecule has 20 nitrogen and oxygen atoms in total. The van der Waals surface area contributed by atoms with Crippen molar-refractivity contribution in [1.29, 1.82) is 0 Å². The Labute approximate surface area is 270 Å². The van der Waals surface area contributed by atoms with Crippen LogP contribution in [-0.2, 0) is 19.1 Å². The number of aliphatic carboxylic acids is 2. The minimum atomic E-state index is -1.06. The minimum Gasteiger partial charge on any atom is -0.481 e. The molecule has 6 heterocycles. The van der Waals surface area contributed by atoms with Gasteiger partial charge in [0.1, 0.15) is 20.3 Å². The third-order valence-corrected chi connectivity index (χ3v) is 10.9. The van der Waals surface area contributed by atoms with Gasteiger partial charge in [-0.1, -0.05) is 22.7 Å². The van der Waals surface area contributed by atoms with Gasteiger partial charge < -0.3 is 41.4 Å². The van der Waals surface area contributed by atoms with Crippen molar-refractivity contribution in [2.75, 3.05) is 24.7 Å².